The molecule has 0 N–H and O–H groups in total. The Balaban J connectivity index is 2.68. The van der Waals surface area contributed by atoms with E-state index in [4.69, 9.17) is 0 Å². The summed E-state index contributed by atoms with van der Waals surface area (Å²) >= 11 is 0. The van der Waals surface area contributed by atoms with Gasteiger partial charge in [0.25, 0.3) is 0 Å². The SMILES string of the molecule is C[P+](=O)N1CCCC1(C)C. The van der Waals surface area contributed by atoms with E-state index in [0.717, 1.165) is 6.54 Å². The summed E-state index contributed by atoms with van der Waals surface area (Å²) < 4.78 is 13.2. The summed E-state index contributed by atoms with van der Waals surface area (Å²) in [6.07, 6.45) is 2.38. The van der Waals surface area contributed by atoms with Crippen molar-refractivity contribution in [2.45, 2.75) is 32.2 Å². The largest absolute Gasteiger partial charge is 0.432 e. The fourth-order valence-corrected chi connectivity index (χ4v) is 2.90. The fraction of sp³-hybridized carbons (Fsp3) is 1.00. The van der Waals surface area contributed by atoms with Gasteiger partial charge in [0.1, 0.15) is 0 Å². The lowest BCUT2D eigenvalue weighted by atomic mass is 10.0. The minimum Gasteiger partial charge on any atom is -0.0915 e. The minimum absolute atomic E-state index is 0.183. The van der Waals surface area contributed by atoms with Crippen LogP contribution in [0.15, 0.2) is 0 Å². The van der Waals surface area contributed by atoms with Crippen LogP contribution in [-0.2, 0) is 4.57 Å². The van der Waals surface area contributed by atoms with Gasteiger partial charge in [0.05, 0.1) is 5.54 Å². The Kier molecular flexibility index (Phi) is 2.12. The third-order valence-corrected chi connectivity index (χ3v) is 3.62. The highest BCUT2D eigenvalue weighted by molar-refractivity contribution is 7.41. The van der Waals surface area contributed by atoms with E-state index in [0.29, 0.717) is 0 Å². The van der Waals surface area contributed by atoms with Crippen LogP contribution < -0.4 is 0 Å². The van der Waals surface area contributed by atoms with Crippen molar-refractivity contribution in [1.82, 2.24) is 4.67 Å². The van der Waals surface area contributed by atoms with Crippen LogP contribution in [0.1, 0.15) is 26.7 Å². The van der Waals surface area contributed by atoms with Gasteiger partial charge in [-0.2, -0.15) is 0 Å². The van der Waals surface area contributed by atoms with Gasteiger partial charge < -0.3 is 0 Å². The Morgan fingerprint density at radius 3 is 2.30 bits per heavy atom. The maximum atomic E-state index is 11.1. The van der Waals surface area contributed by atoms with Crippen LogP contribution in [0.25, 0.3) is 0 Å². The first kappa shape index (κ1) is 8.16. The van der Waals surface area contributed by atoms with Crippen molar-refractivity contribution < 1.29 is 4.57 Å². The van der Waals surface area contributed by atoms with E-state index in [1.807, 2.05) is 0 Å². The Morgan fingerprint density at radius 2 is 2.10 bits per heavy atom. The molecule has 1 atom stereocenters. The highest BCUT2D eigenvalue weighted by atomic mass is 31.1. The molecule has 1 fully saturated rings. The molecule has 0 aromatic heterocycles. The molecule has 0 aromatic carbocycles. The molecule has 0 bridgehead atoms. The van der Waals surface area contributed by atoms with Gasteiger partial charge in [-0.25, -0.2) is 0 Å². The second kappa shape index (κ2) is 2.60. The van der Waals surface area contributed by atoms with Gasteiger partial charge in [0, 0.05) is 6.54 Å². The maximum absolute atomic E-state index is 11.1. The average Bonchev–Trinajstić information content (AvgIpc) is 2.08. The van der Waals surface area contributed by atoms with Gasteiger partial charge in [-0.3, -0.25) is 0 Å². The van der Waals surface area contributed by atoms with Gasteiger partial charge in [0.2, 0.25) is 0 Å². The van der Waals surface area contributed by atoms with Crippen molar-refractivity contribution in [3.63, 3.8) is 0 Å². The Hall–Kier alpha value is 0.0600. The first-order valence-corrected chi connectivity index (χ1v) is 5.38. The molecule has 3 heteroatoms. The molecule has 1 saturated heterocycles. The summed E-state index contributed by atoms with van der Waals surface area (Å²) in [5.74, 6) is 0. The number of hydrogen-bond acceptors (Lipinski definition) is 1. The third kappa shape index (κ3) is 1.38. The van der Waals surface area contributed by atoms with Crippen LogP contribution in [0, 0.1) is 0 Å². The normalized spacial score (nSPS) is 26.9. The smallest absolute Gasteiger partial charge is 0.0915 e. The quantitative estimate of drug-likeness (QED) is 0.548. The van der Waals surface area contributed by atoms with E-state index in [1.165, 1.54) is 12.8 Å². The molecule has 1 unspecified atom stereocenters. The minimum atomic E-state index is -1.11. The lowest BCUT2D eigenvalue weighted by Gasteiger charge is -2.20. The summed E-state index contributed by atoms with van der Waals surface area (Å²) in [6, 6.07) is 0. The molecule has 0 radical (unpaired) electrons. The predicted molar refractivity (Wildman–Crippen MR) is 43.5 cm³/mol. The Morgan fingerprint density at radius 1 is 1.50 bits per heavy atom. The highest BCUT2D eigenvalue weighted by Crippen LogP contribution is 2.39. The molecule has 1 aliphatic heterocycles. The van der Waals surface area contributed by atoms with Gasteiger partial charge >= 0.3 is 7.95 Å². The zero-order chi connectivity index (χ0) is 7.78. The molecule has 0 spiro atoms. The van der Waals surface area contributed by atoms with E-state index in [-0.39, 0.29) is 5.54 Å². The van der Waals surface area contributed by atoms with Gasteiger partial charge in [-0.05, 0) is 26.7 Å². The summed E-state index contributed by atoms with van der Waals surface area (Å²) in [5, 5.41) is 0. The zero-order valence-electron chi connectivity index (χ0n) is 6.92. The van der Waals surface area contributed by atoms with Crippen LogP contribution in [0.3, 0.4) is 0 Å². The summed E-state index contributed by atoms with van der Waals surface area (Å²) in [5.41, 5.74) is 0.183. The third-order valence-electron chi connectivity index (χ3n) is 2.20. The molecule has 0 amide bonds. The second-order valence-corrected chi connectivity index (χ2v) is 4.91. The lowest BCUT2D eigenvalue weighted by Crippen LogP contribution is -2.32. The first-order chi connectivity index (χ1) is 4.54. The summed E-state index contributed by atoms with van der Waals surface area (Å²) in [4.78, 5) is 0. The predicted octanol–water partition coefficient (Wildman–Crippen LogP) is 2.23. The Bertz CT molecular complexity index is 156. The van der Waals surface area contributed by atoms with Crippen molar-refractivity contribution in [1.29, 1.82) is 0 Å². The van der Waals surface area contributed by atoms with Crippen LogP contribution in [0.5, 0.6) is 0 Å². The van der Waals surface area contributed by atoms with Crippen LogP contribution >= 0.6 is 7.95 Å². The van der Waals surface area contributed by atoms with Crippen LogP contribution in [0.4, 0.5) is 0 Å². The van der Waals surface area contributed by atoms with Crippen molar-refractivity contribution in [2.24, 2.45) is 0 Å². The molecule has 2 nitrogen and oxygen atoms in total. The second-order valence-electron chi connectivity index (χ2n) is 3.50. The van der Waals surface area contributed by atoms with Gasteiger partial charge in [0.15, 0.2) is 6.66 Å². The monoisotopic (exact) mass is 160 g/mol. The molecule has 58 valence electrons. The maximum Gasteiger partial charge on any atom is 0.432 e. The van der Waals surface area contributed by atoms with Crippen LogP contribution in [0.2, 0.25) is 0 Å². The molecule has 0 aliphatic carbocycles. The topological polar surface area (TPSA) is 20.3 Å². The van der Waals surface area contributed by atoms with Crippen molar-refractivity contribution in [3.05, 3.63) is 0 Å². The molecule has 0 aromatic rings. The fourth-order valence-electron chi connectivity index (χ4n) is 1.62. The van der Waals surface area contributed by atoms with E-state index < -0.39 is 7.95 Å². The van der Waals surface area contributed by atoms with Gasteiger partial charge in [-0.15, -0.1) is 0 Å². The van der Waals surface area contributed by atoms with Crippen molar-refractivity contribution >= 4 is 7.95 Å². The first-order valence-electron chi connectivity index (χ1n) is 3.72. The van der Waals surface area contributed by atoms with Crippen LogP contribution in [-0.4, -0.2) is 23.4 Å². The average molecular weight is 160 g/mol. The van der Waals surface area contributed by atoms with E-state index >= 15 is 0 Å². The lowest BCUT2D eigenvalue weighted by molar-refractivity contribution is 0.299. The van der Waals surface area contributed by atoms with Crippen molar-refractivity contribution in [3.8, 4) is 0 Å². The molecule has 10 heavy (non-hydrogen) atoms. The van der Waals surface area contributed by atoms with E-state index in [1.54, 1.807) is 6.66 Å². The number of hydrogen-bond donors (Lipinski definition) is 0. The standard InChI is InChI=1S/C7H15NOP/c1-7(2)5-4-6-8(7)10(3)9/h4-6H2,1-3H3/q+1. The molecule has 1 heterocycles. The zero-order valence-corrected chi connectivity index (χ0v) is 7.82. The Labute approximate surface area is 63.4 Å². The highest BCUT2D eigenvalue weighted by Gasteiger charge is 2.41. The molecule has 0 saturated carbocycles. The van der Waals surface area contributed by atoms with Crippen molar-refractivity contribution in [2.75, 3.05) is 13.2 Å². The van der Waals surface area contributed by atoms with E-state index in [9.17, 15) is 4.57 Å². The van der Waals surface area contributed by atoms with E-state index in [2.05, 4.69) is 18.5 Å². The molecular weight excluding hydrogens is 145 g/mol. The summed E-state index contributed by atoms with van der Waals surface area (Å²) in [7, 11) is -1.11. The molecule has 1 aliphatic rings. The summed E-state index contributed by atoms with van der Waals surface area (Å²) in [6.45, 7) is 7.13. The molecule has 1 rings (SSSR count). The number of rotatable bonds is 1. The number of nitrogens with zero attached hydrogens (tertiary/aromatic N) is 1. The van der Waals surface area contributed by atoms with Gasteiger partial charge in [-0.1, -0.05) is 9.24 Å². The molecular formula is C7H15NOP+.